The van der Waals surface area contributed by atoms with Crippen molar-refractivity contribution in [1.29, 1.82) is 0 Å². The van der Waals surface area contributed by atoms with E-state index >= 15 is 0 Å². The van der Waals surface area contributed by atoms with Gasteiger partial charge < -0.3 is 0 Å². The summed E-state index contributed by atoms with van der Waals surface area (Å²) in [5, 5.41) is 6.47. The molecule has 2 heterocycles. The molecule has 1 fully saturated rings. The van der Waals surface area contributed by atoms with E-state index in [4.69, 9.17) is 11.6 Å². The topological polar surface area (TPSA) is 47.2 Å². The van der Waals surface area contributed by atoms with E-state index < -0.39 is 0 Å². The number of thioether (sulfide) groups is 2. The number of nitrogens with zero attached hydrogens (tertiary/aromatic N) is 3. The van der Waals surface area contributed by atoms with E-state index in [1.807, 2.05) is 35.3 Å². The Kier molecular flexibility index (Phi) is 5.02. The monoisotopic (exact) mass is 439 g/mol. The molecule has 0 radical (unpaired) electrons. The molecule has 0 spiro atoms. The normalized spacial score (nSPS) is 18.1. The highest BCUT2D eigenvalue weighted by molar-refractivity contribution is 8.40. The van der Waals surface area contributed by atoms with Crippen molar-refractivity contribution in [2.45, 2.75) is 25.3 Å². The Morgan fingerprint density at radius 2 is 2.14 bits per heavy atom. The molecule has 1 aliphatic carbocycles. The summed E-state index contributed by atoms with van der Waals surface area (Å²) in [5.74, 6) is 0.476. The Balaban J connectivity index is 1.43. The summed E-state index contributed by atoms with van der Waals surface area (Å²) in [5.41, 5.74) is 4.69. The summed E-state index contributed by atoms with van der Waals surface area (Å²) in [4.78, 5) is 16.7. The van der Waals surface area contributed by atoms with Crippen molar-refractivity contribution in [3.63, 3.8) is 0 Å². The molecule has 0 bridgehead atoms. The second-order valence-corrected chi connectivity index (χ2v) is 9.76. The van der Waals surface area contributed by atoms with Gasteiger partial charge in [-0.2, -0.15) is 10.1 Å². The predicted octanol–water partition coefficient (Wildman–Crippen LogP) is 5.95. The van der Waals surface area contributed by atoms with Crippen LogP contribution in [0, 0.1) is 0 Å². The highest BCUT2D eigenvalue weighted by Gasteiger charge is 2.26. The molecule has 146 valence electrons. The van der Waals surface area contributed by atoms with E-state index in [-0.39, 0.29) is 5.91 Å². The zero-order valence-electron chi connectivity index (χ0n) is 15.8. The first-order valence-corrected chi connectivity index (χ1v) is 11.8. The fraction of sp³-hybridized carbons (Fsp3) is 0.227. The Hall–Kier alpha value is -2.02. The highest BCUT2D eigenvalue weighted by atomic mass is 35.5. The van der Waals surface area contributed by atoms with Gasteiger partial charge >= 0.3 is 0 Å². The number of benzene rings is 2. The maximum Gasteiger partial charge on any atom is 0.285 e. The molecule has 2 aromatic carbocycles. The average Bonchev–Trinajstić information content (AvgIpc) is 3.40. The van der Waals surface area contributed by atoms with E-state index in [0.717, 1.165) is 32.4 Å². The van der Waals surface area contributed by atoms with Crippen molar-refractivity contribution in [2.75, 3.05) is 6.26 Å². The number of rotatable bonds is 4. The number of aromatic nitrogens is 2. The summed E-state index contributed by atoms with van der Waals surface area (Å²) in [6.07, 6.45) is 8.20. The minimum absolute atomic E-state index is 0.162. The van der Waals surface area contributed by atoms with Gasteiger partial charge in [-0.05, 0) is 72.0 Å². The van der Waals surface area contributed by atoms with E-state index in [2.05, 4.69) is 34.4 Å². The number of fused-ring (bicyclic) bond motifs is 1. The van der Waals surface area contributed by atoms with E-state index in [0.29, 0.717) is 10.8 Å². The van der Waals surface area contributed by atoms with E-state index in [9.17, 15) is 4.79 Å². The van der Waals surface area contributed by atoms with Gasteiger partial charge in [0.05, 0.1) is 23.2 Å². The lowest BCUT2D eigenvalue weighted by Gasteiger charge is -2.10. The van der Waals surface area contributed by atoms with Gasteiger partial charge in [0.1, 0.15) is 4.38 Å². The van der Waals surface area contributed by atoms with Crippen LogP contribution in [0.2, 0.25) is 5.02 Å². The molecule has 0 N–H and O–H groups in total. The number of carbonyl (C=O) groups excluding carboxylic acids is 1. The minimum Gasteiger partial charge on any atom is -0.266 e. The number of amides is 1. The lowest BCUT2D eigenvalue weighted by molar-refractivity contribution is -0.113. The van der Waals surface area contributed by atoms with Crippen LogP contribution in [0.1, 0.15) is 35.4 Å². The first-order valence-electron chi connectivity index (χ1n) is 9.41. The third-order valence-corrected chi connectivity index (χ3v) is 7.39. The molecule has 1 aliphatic heterocycles. The number of carbonyl (C=O) groups is 1. The van der Waals surface area contributed by atoms with Crippen LogP contribution in [-0.2, 0) is 11.3 Å². The van der Waals surface area contributed by atoms with Crippen molar-refractivity contribution in [1.82, 2.24) is 9.78 Å². The Labute approximate surface area is 182 Å². The molecule has 1 saturated carbocycles. The van der Waals surface area contributed by atoms with Crippen molar-refractivity contribution in [3.8, 4) is 0 Å². The summed E-state index contributed by atoms with van der Waals surface area (Å²) in [6.45, 7) is 0.728. The van der Waals surface area contributed by atoms with Crippen LogP contribution in [-0.4, -0.2) is 26.3 Å². The van der Waals surface area contributed by atoms with Crippen LogP contribution in [0.15, 0.2) is 52.5 Å². The molecular weight excluding hydrogens is 422 g/mol. The van der Waals surface area contributed by atoms with Crippen LogP contribution < -0.4 is 0 Å². The van der Waals surface area contributed by atoms with Crippen LogP contribution >= 0.6 is 35.1 Å². The molecular formula is C22H18ClN3OS2. The lowest BCUT2D eigenvalue weighted by atomic mass is 10.0. The Morgan fingerprint density at radius 3 is 2.90 bits per heavy atom. The van der Waals surface area contributed by atoms with Gasteiger partial charge in [-0.25, -0.2) is 0 Å². The number of halogens is 1. The molecule has 7 heteroatoms. The lowest BCUT2D eigenvalue weighted by Crippen LogP contribution is -2.04. The Morgan fingerprint density at radius 1 is 1.28 bits per heavy atom. The smallest absolute Gasteiger partial charge is 0.266 e. The summed E-state index contributed by atoms with van der Waals surface area (Å²) in [7, 11) is 0. The standard InChI is InChI=1S/C22H18ClN3OS2/c1-28-22-25-21(27)20(29-22)9-13-2-7-19-16(8-13)11-24-26(19)12-15-5-6-17(23)10-18(15)14-3-4-14/h2,5-11,14H,3-4,12H2,1H3. The minimum atomic E-state index is -0.162. The summed E-state index contributed by atoms with van der Waals surface area (Å²) >= 11 is 9.14. The van der Waals surface area contributed by atoms with Crippen molar-refractivity contribution >= 4 is 62.4 Å². The second-order valence-electron chi connectivity index (χ2n) is 7.24. The summed E-state index contributed by atoms with van der Waals surface area (Å²) < 4.78 is 2.83. The first-order chi connectivity index (χ1) is 14.1. The van der Waals surface area contributed by atoms with Crippen LogP contribution in [0.25, 0.3) is 17.0 Å². The predicted molar refractivity (Wildman–Crippen MR) is 124 cm³/mol. The maximum atomic E-state index is 12.0. The van der Waals surface area contributed by atoms with E-state index in [1.165, 1.54) is 47.5 Å². The number of aliphatic imine (C=N–C) groups is 1. The molecule has 0 saturated heterocycles. The SMILES string of the molecule is CSC1=NC(=O)C(=Cc2ccc3c(cnn3Cc3ccc(Cl)cc3C3CC3)c2)S1. The Bertz CT molecular complexity index is 1190. The molecule has 29 heavy (non-hydrogen) atoms. The fourth-order valence-corrected chi connectivity index (χ4v) is 5.20. The van der Waals surface area contributed by atoms with Gasteiger partial charge in [0.25, 0.3) is 5.91 Å². The van der Waals surface area contributed by atoms with Gasteiger partial charge in [-0.15, -0.1) is 11.8 Å². The molecule has 1 amide bonds. The van der Waals surface area contributed by atoms with Crippen LogP contribution in [0.3, 0.4) is 0 Å². The zero-order valence-corrected chi connectivity index (χ0v) is 18.2. The molecule has 4 nitrogen and oxygen atoms in total. The molecule has 5 rings (SSSR count). The largest absolute Gasteiger partial charge is 0.285 e. The maximum absolute atomic E-state index is 12.0. The van der Waals surface area contributed by atoms with Gasteiger partial charge in [-0.1, -0.05) is 35.5 Å². The van der Waals surface area contributed by atoms with Gasteiger partial charge in [-0.3, -0.25) is 9.48 Å². The number of hydrogen-bond acceptors (Lipinski definition) is 4. The van der Waals surface area contributed by atoms with Crippen molar-refractivity contribution < 1.29 is 4.79 Å². The zero-order chi connectivity index (χ0) is 20.0. The van der Waals surface area contributed by atoms with Crippen molar-refractivity contribution in [2.24, 2.45) is 4.99 Å². The average molecular weight is 440 g/mol. The second kappa shape index (κ2) is 7.67. The van der Waals surface area contributed by atoms with Gasteiger partial charge in [0, 0.05) is 10.4 Å². The van der Waals surface area contributed by atoms with Crippen LogP contribution in [0.4, 0.5) is 0 Å². The fourth-order valence-electron chi connectivity index (χ4n) is 3.60. The van der Waals surface area contributed by atoms with Gasteiger partial charge in [0.15, 0.2) is 0 Å². The van der Waals surface area contributed by atoms with Gasteiger partial charge in [0.2, 0.25) is 0 Å². The number of hydrogen-bond donors (Lipinski definition) is 0. The molecule has 0 atom stereocenters. The summed E-state index contributed by atoms with van der Waals surface area (Å²) in [6, 6.07) is 12.4. The quantitative estimate of drug-likeness (QED) is 0.471. The first kappa shape index (κ1) is 19.0. The molecule has 2 aliphatic rings. The van der Waals surface area contributed by atoms with E-state index in [1.54, 1.807) is 0 Å². The molecule has 0 unspecified atom stereocenters. The third-order valence-electron chi connectivity index (χ3n) is 5.18. The van der Waals surface area contributed by atoms with Crippen molar-refractivity contribution in [3.05, 3.63) is 69.2 Å². The highest BCUT2D eigenvalue weighted by Crippen LogP contribution is 2.42. The molecule has 3 aromatic rings. The third kappa shape index (κ3) is 3.89. The van der Waals surface area contributed by atoms with Crippen LogP contribution in [0.5, 0.6) is 0 Å². The molecule has 1 aromatic heterocycles.